The van der Waals surface area contributed by atoms with Crippen LogP contribution in [0.4, 0.5) is 28.2 Å². The number of pyridine rings is 1. The summed E-state index contributed by atoms with van der Waals surface area (Å²) in [6.45, 7) is 5.03. The maximum atomic E-state index is 15.0. The summed E-state index contributed by atoms with van der Waals surface area (Å²) in [5, 5.41) is 3.93. The topological polar surface area (TPSA) is 119 Å². The van der Waals surface area contributed by atoms with E-state index in [0.29, 0.717) is 12.1 Å². The van der Waals surface area contributed by atoms with Gasteiger partial charge in [-0.2, -0.15) is 18.3 Å². The number of ether oxygens (including phenoxy) is 1. The van der Waals surface area contributed by atoms with Crippen molar-refractivity contribution in [2.75, 3.05) is 25.4 Å². The summed E-state index contributed by atoms with van der Waals surface area (Å²) in [5.74, 6) is -0.873. The van der Waals surface area contributed by atoms with E-state index < -0.39 is 47.1 Å². The second kappa shape index (κ2) is 8.81. The van der Waals surface area contributed by atoms with E-state index in [1.807, 2.05) is 0 Å². The van der Waals surface area contributed by atoms with Gasteiger partial charge in [0.1, 0.15) is 23.6 Å². The third kappa shape index (κ3) is 4.47. The molecule has 2 N–H and O–H groups in total. The Morgan fingerprint density at radius 2 is 1.89 bits per heavy atom. The van der Waals surface area contributed by atoms with E-state index in [1.54, 1.807) is 20.8 Å². The molecule has 2 amide bonds. The first kappa shape index (κ1) is 25.7. The van der Waals surface area contributed by atoms with Gasteiger partial charge in [-0.3, -0.25) is 9.78 Å². The minimum absolute atomic E-state index is 0.0157. The standard InChI is InChI=1S/C24H25F4N7O3/c1-23(2,3)38-22(37)33-9-15(25)18(10-33)34-5-4-16-13(21(34)36)6-12(8-30-16)17-7-14(24(26,27)28)19-20(29)31-11-32-35(17)19/h6-8,11,15,18H,4-5,9-10H2,1-3H3,(H2,29,31,32)/t15-,18+/m0/s1. The molecule has 0 radical (unpaired) electrons. The molecule has 3 aromatic rings. The first-order valence-electron chi connectivity index (χ1n) is 11.9. The molecular formula is C24H25F4N7O3. The summed E-state index contributed by atoms with van der Waals surface area (Å²) in [7, 11) is 0. The third-order valence-electron chi connectivity index (χ3n) is 6.51. The highest BCUT2D eigenvalue weighted by atomic mass is 19.4. The monoisotopic (exact) mass is 535 g/mol. The average Bonchev–Trinajstić information content (AvgIpc) is 3.40. The number of anilines is 1. The molecular weight excluding hydrogens is 510 g/mol. The highest BCUT2D eigenvalue weighted by Crippen LogP contribution is 2.39. The third-order valence-corrected chi connectivity index (χ3v) is 6.51. The van der Waals surface area contributed by atoms with Crippen molar-refractivity contribution in [2.45, 2.75) is 51.2 Å². The summed E-state index contributed by atoms with van der Waals surface area (Å²) in [5.41, 5.74) is 4.33. The van der Waals surface area contributed by atoms with Crippen LogP contribution in [-0.4, -0.2) is 78.8 Å². The Morgan fingerprint density at radius 3 is 2.58 bits per heavy atom. The molecule has 1 fully saturated rings. The summed E-state index contributed by atoms with van der Waals surface area (Å²) in [4.78, 5) is 36.5. The number of nitrogens with two attached hydrogens (primary N) is 1. The highest BCUT2D eigenvalue weighted by Gasteiger charge is 2.44. The first-order chi connectivity index (χ1) is 17.7. The quantitative estimate of drug-likeness (QED) is 0.500. The fraction of sp³-hybridized carbons (Fsp3) is 0.458. The van der Waals surface area contributed by atoms with Crippen molar-refractivity contribution in [2.24, 2.45) is 0 Å². The Labute approximate surface area is 214 Å². The number of nitrogen functional groups attached to an aromatic ring is 1. The van der Waals surface area contributed by atoms with Gasteiger partial charge in [-0.25, -0.2) is 18.7 Å². The molecule has 5 heterocycles. The number of hydrogen-bond acceptors (Lipinski definition) is 7. The number of nitrogens with zero attached hydrogens (tertiary/aromatic N) is 6. The first-order valence-corrected chi connectivity index (χ1v) is 11.9. The van der Waals surface area contributed by atoms with Gasteiger partial charge >= 0.3 is 12.3 Å². The summed E-state index contributed by atoms with van der Waals surface area (Å²) in [6, 6.07) is 1.40. The van der Waals surface area contributed by atoms with Gasteiger partial charge in [-0.05, 0) is 32.9 Å². The molecule has 0 bridgehead atoms. The lowest BCUT2D eigenvalue weighted by Gasteiger charge is -2.34. The molecule has 10 nitrogen and oxygen atoms in total. The number of amides is 2. The number of likely N-dealkylation sites (tertiary alicyclic amines) is 1. The van der Waals surface area contributed by atoms with Crippen LogP contribution in [0, 0.1) is 0 Å². The second-order valence-corrected chi connectivity index (χ2v) is 10.3. The van der Waals surface area contributed by atoms with E-state index in [1.165, 1.54) is 22.1 Å². The van der Waals surface area contributed by atoms with Crippen molar-refractivity contribution in [3.8, 4) is 11.3 Å². The Bertz CT molecular complexity index is 1430. The number of alkyl halides is 4. The lowest BCUT2D eigenvalue weighted by atomic mass is 9.99. The number of halogens is 4. The van der Waals surface area contributed by atoms with Gasteiger partial charge < -0.3 is 20.3 Å². The molecule has 202 valence electrons. The predicted molar refractivity (Wildman–Crippen MR) is 127 cm³/mol. The molecule has 2 aliphatic rings. The molecule has 0 saturated carbocycles. The lowest BCUT2D eigenvalue weighted by Crippen LogP contribution is -2.49. The van der Waals surface area contributed by atoms with Crippen LogP contribution in [0.15, 0.2) is 24.7 Å². The number of carbonyl (C=O) groups excluding carboxylic acids is 2. The molecule has 5 rings (SSSR count). The molecule has 0 spiro atoms. The van der Waals surface area contributed by atoms with E-state index >= 15 is 4.39 Å². The van der Waals surface area contributed by atoms with Crippen LogP contribution in [0.5, 0.6) is 0 Å². The smallest absolute Gasteiger partial charge is 0.418 e. The lowest BCUT2D eigenvalue weighted by molar-refractivity contribution is -0.136. The van der Waals surface area contributed by atoms with Crippen LogP contribution >= 0.6 is 0 Å². The molecule has 1 saturated heterocycles. The minimum atomic E-state index is -4.73. The fourth-order valence-electron chi connectivity index (χ4n) is 4.82. The summed E-state index contributed by atoms with van der Waals surface area (Å²) < 4.78 is 62.6. The van der Waals surface area contributed by atoms with Crippen molar-refractivity contribution < 1.29 is 31.9 Å². The van der Waals surface area contributed by atoms with Gasteiger partial charge in [0.25, 0.3) is 5.91 Å². The normalized spacial score (nSPS) is 20.2. The van der Waals surface area contributed by atoms with Gasteiger partial charge in [0.05, 0.1) is 35.1 Å². The zero-order valence-corrected chi connectivity index (χ0v) is 20.8. The molecule has 14 heteroatoms. The van der Waals surface area contributed by atoms with Gasteiger partial charge in [0.15, 0.2) is 5.82 Å². The zero-order valence-electron chi connectivity index (χ0n) is 20.8. The van der Waals surface area contributed by atoms with Crippen LogP contribution in [-0.2, 0) is 17.3 Å². The molecule has 0 aromatic carbocycles. The van der Waals surface area contributed by atoms with Crippen molar-refractivity contribution in [1.29, 1.82) is 0 Å². The van der Waals surface area contributed by atoms with E-state index in [0.717, 1.165) is 16.9 Å². The molecule has 2 atom stereocenters. The van der Waals surface area contributed by atoms with Crippen molar-refractivity contribution >= 4 is 23.3 Å². The second-order valence-electron chi connectivity index (χ2n) is 10.3. The molecule has 38 heavy (non-hydrogen) atoms. The van der Waals surface area contributed by atoms with Gasteiger partial charge in [0, 0.05) is 31.3 Å². The number of carbonyl (C=O) groups is 2. The highest BCUT2D eigenvalue weighted by molar-refractivity contribution is 5.98. The average molecular weight is 536 g/mol. The predicted octanol–water partition coefficient (Wildman–Crippen LogP) is 3.35. The number of aromatic nitrogens is 4. The van der Waals surface area contributed by atoms with E-state index in [2.05, 4.69) is 15.1 Å². The molecule has 3 aromatic heterocycles. The van der Waals surface area contributed by atoms with Crippen LogP contribution in [0.2, 0.25) is 0 Å². The maximum absolute atomic E-state index is 15.0. The molecule has 2 aliphatic heterocycles. The minimum Gasteiger partial charge on any atom is -0.444 e. The Morgan fingerprint density at radius 1 is 1.16 bits per heavy atom. The van der Waals surface area contributed by atoms with Crippen LogP contribution in [0.3, 0.4) is 0 Å². The SMILES string of the molecule is CC(C)(C)OC(=O)N1C[C@@H](N2CCc3ncc(-c4cc(C(F)(F)F)c5c(N)ncnn45)cc3C2=O)[C@@H](F)C1. The van der Waals surface area contributed by atoms with Gasteiger partial charge in [-0.1, -0.05) is 0 Å². The van der Waals surface area contributed by atoms with Gasteiger partial charge in [0.2, 0.25) is 0 Å². The Kier molecular flexibility index (Phi) is 5.95. The number of rotatable bonds is 2. The number of fused-ring (bicyclic) bond motifs is 2. The Hall–Kier alpha value is -3.97. The fourth-order valence-corrected chi connectivity index (χ4v) is 4.82. The Balaban J connectivity index is 1.47. The van der Waals surface area contributed by atoms with Crippen molar-refractivity contribution in [3.63, 3.8) is 0 Å². The maximum Gasteiger partial charge on any atom is 0.418 e. The van der Waals surface area contributed by atoms with Crippen LogP contribution in [0.1, 0.15) is 42.4 Å². The summed E-state index contributed by atoms with van der Waals surface area (Å²) >= 11 is 0. The van der Waals surface area contributed by atoms with E-state index in [4.69, 9.17) is 10.5 Å². The van der Waals surface area contributed by atoms with Crippen LogP contribution < -0.4 is 5.73 Å². The van der Waals surface area contributed by atoms with Crippen LogP contribution in [0.25, 0.3) is 16.8 Å². The molecule has 0 aliphatic carbocycles. The molecule has 0 unspecified atom stereocenters. The number of hydrogen-bond donors (Lipinski definition) is 1. The summed E-state index contributed by atoms with van der Waals surface area (Å²) in [6.07, 6.45) is -4.18. The zero-order chi connectivity index (χ0) is 27.6. The van der Waals surface area contributed by atoms with Crippen molar-refractivity contribution in [3.05, 3.63) is 41.5 Å². The van der Waals surface area contributed by atoms with E-state index in [-0.39, 0.29) is 42.3 Å². The largest absolute Gasteiger partial charge is 0.444 e. The van der Waals surface area contributed by atoms with Crippen molar-refractivity contribution in [1.82, 2.24) is 29.4 Å². The van der Waals surface area contributed by atoms with Gasteiger partial charge in [-0.15, -0.1) is 0 Å². The van der Waals surface area contributed by atoms with E-state index in [9.17, 15) is 22.8 Å².